The third-order valence-electron chi connectivity index (χ3n) is 4.23. The quantitative estimate of drug-likeness (QED) is 0.563. The number of benzene rings is 2. The maximum absolute atomic E-state index is 12.3. The van der Waals surface area contributed by atoms with Gasteiger partial charge in [-0.3, -0.25) is 9.59 Å². The van der Waals surface area contributed by atoms with Gasteiger partial charge < -0.3 is 10.6 Å². The third kappa shape index (κ3) is 5.04. The number of hydrogen-bond donors (Lipinski definition) is 2. The number of thiophene rings is 1. The van der Waals surface area contributed by atoms with Crippen LogP contribution in [0.25, 0.3) is 12.2 Å². The standard InChI is InChI=1S/C23H18N2O2S2/c26-22(24-14-16-6-2-1-3-7-16)11-10-17-12-18(28-15-17)13-21-23(27)25-19-8-4-5-9-20(19)29-21/h1-13,15H,14H2,(H,24,26)(H,25,27)/b11-10+,21-13?. The second kappa shape index (κ2) is 8.94. The summed E-state index contributed by atoms with van der Waals surface area (Å²) in [4.78, 5) is 27.0. The molecule has 144 valence electrons. The number of hydrogen-bond acceptors (Lipinski definition) is 4. The van der Waals surface area contributed by atoms with E-state index in [9.17, 15) is 9.59 Å². The highest BCUT2D eigenvalue weighted by molar-refractivity contribution is 8.04. The molecule has 0 bridgehead atoms. The summed E-state index contributed by atoms with van der Waals surface area (Å²) in [5.74, 6) is -0.238. The van der Waals surface area contributed by atoms with E-state index in [4.69, 9.17) is 0 Å². The molecule has 0 spiro atoms. The van der Waals surface area contributed by atoms with E-state index in [0.29, 0.717) is 11.4 Å². The summed E-state index contributed by atoms with van der Waals surface area (Å²) in [6, 6.07) is 19.5. The molecule has 2 aromatic carbocycles. The van der Waals surface area contributed by atoms with Crippen LogP contribution >= 0.6 is 23.1 Å². The molecule has 1 aromatic heterocycles. The minimum Gasteiger partial charge on any atom is -0.348 e. The Morgan fingerprint density at radius 1 is 1.07 bits per heavy atom. The van der Waals surface area contributed by atoms with Crippen molar-refractivity contribution in [3.05, 3.63) is 93.0 Å². The van der Waals surface area contributed by atoms with E-state index in [1.54, 1.807) is 6.08 Å². The van der Waals surface area contributed by atoms with Crippen LogP contribution in [0.1, 0.15) is 16.0 Å². The van der Waals surface area contributed by atoms with E-state index in [1.165, 1.54) is 29.2 Å². The largest absolute Gasteiger partial charge is 0.348 e. The van der Waals surface area contributed by atoms with Gasteiger partial charge in [-0.05, 0) is 46.9 Å². The van der Waals surface area contributed by atoms with Gasteiger partial charge in [0.25, 0.3) is 5.91 Å². The SMILES string of the molecule is O=C(/C=C/c1csc(C=C2Sc3ccccc3NC2=O)c1)NCc1ccccc1. The first kappa shape index (κ1) is 19.2. The molecule has 2 amide bonds. The van der Waals surface area contributed by atoms with Crippen molar-refractivity contribution in [3.8, 4) is 0 Å². The number of carbonyl (C=O) groups is 2. The molecular formula is C23H18N2O2S2. The van der Waals surface area contributed by atoms with E-state index in [1.807, 2.05) is 72.1 Å². The molecule has 6 heteroatoms. The molecule has 1 aliphatic rings. The lowest BCUT2D eigenvalue weighted by atomic mass is 10.2. The lowest BCUT2D eigenvalue weighted by molar-refractivity contribution is -0.116. The van der Waals surface area contributed by atoms with Gasteiger partial charge in [0.2, 0.25) is 5.91 Å². The van der Waals surface area contributed by atoms with Crippen molar-refractivity contribution in [1.82, 2.24) is 5.32 Å². The second-order valence-corrected chi connectivity index (χ2v) is 8.41. The maximum Gasteiger partial charge on any atom is 0.262 e. The van der Waals surface area contributed by atoms with Gasteiger partial charge in [-0.25, -0.2) is 0 Å². The van der Waals surface area contributed by atoms with Gasteiger partial charge in [0, 0.05) is 22.4 Å². The van der Waals surface area contributed by atoms with Gasteiger partial charge in [-0.15, -0.1) is 11.3 Å². The maximum atomic E-state index is 12.3. The number of fused-ring (bicyclic) bond motifs is 1. The zero-order chi connectivity index (χ0) is 20.1. The Morgan fingerprint density at radius 2 is 1.86 bits per heavy atom. The molecule has 4 nitrogen and oxygen atoms in total. The number of para-hydroxylation sites is 1. The molecule has 3 aromatic rings. The fourth-order valence-electron chi connectivity index (χ4n) is 2.78. The van der Waals surface area contributed by atoms with Crippen molar-refractivity contribution in [2.45, 2.75) is 11.4 Å². The third-order valence-corrected chi connectivity index (χ3v) is 6.23. The molecule has 0 unspecified atom stereocenters. The number of amides is 2. The monoisotopic (exact) mass is 418 g/mol. The van der Waals surface area contributed by atoms with Crippen molar-refractivity contribution in [2.75, 3.05) is 5.32 Å². The number of carbonyl (C=O) groups excluding carboxylic acids is 2. The van der Waals surface area contributed by atoms with E-state index in [2.05, 4.69) is 10.6 Å². The van der Waals surface area contributed by atoms with Crippen molar-refractivity contribution in [1.29, 1.82) is 0 Å². The first-order valence-corrected chi connectivity index (χ1v) is 10.8. The minimum atomic E-state index is -0.140. The molecule has 0 aliphatic carbocycles. The van der Waals surface area contributed by atoms with Crippen molar-refractivity contribution in [3.63, 3.8) is 0 Å². The molecule has 0 saturated heterocycles. The van der Waals surface area contributed by atoms with E-state index >= 15 is 0 Å². The second-order valence-electron chi connectivity index (χ2n) is 6.38. The molecule has 29 heavy (non-hydrogen) atoms. The Hall–Kier alpha value is -3.09. The predicted octanol–water partition coefficient (Wildman–Crippen LogP) is 5.16. The van der Waals surface area contributed by atoms with Gasteiger partial charge in [0.15, 0.2) is 0 Å². The van der Waals surface area contributed by atoms with Gasteiger partial charge in [0.1, 0.15) is 0 Å². The van der Waals surface area contributed by atoms with E-state index < -0.39 is 0 Å². The van der Waals surface area contributed by atoms with Crippen molar-refractivity contribution in [2.24, 2.45) is 0 Å². The van der Waals surface area contributed by atoms with Crippen LogP contribution in [0, 0.1) is 0 Å². The Balaban J connectivity index is 1.38. The molecule has 0 radical (unpaired) electrons. The van der Waals surface area contributed by atoms with Gasteiger partial charge in [0.05, 0.1) is 10.6 Å². The van der Waals surface area contributed by atoms with Gasteiger partial charge in [-0.2, -0.15) is 0 Å². The number of rotatable bonds is 5. The molecule has 2 N–H and O–H groups in total. The first-order valence-electron chi connectivity index (χ1n) is 9.06. The number of thioether (sulfide) groups is 1. The summed E-state index contributed by atoms with van der Waals surface area (Å²) in [5, 5.41) is 7.75. The Morgan fingerprint density at radius 3 is 2.72 bits per heavy atom. The van der Waals surface area contributed by atoms with Gasteiger partial charge in [-0.1, -0.05) is 54.2 Å². The molecule has 2 heterocycles. The highest BCUT2D eigenvalue weighted by Crippen LogP contribution is 2.39. The lowest BCUT2D eigenvalue weighted by Crippen LogP contribution is -2.20. The fourth-order valence-corrected chi connectivity index (χ4v) is 4.60. The minimum absolute atomic E-state index is 0.0977. The average Bonchev–Trinajstić information content (AvgIpc) is 3.19. The molecule has 1 aliphatic heterocycles. The Kier molecular flexibility index (Phi) is 5.93. The van der Waals surface area contributed by atoms with E-state index in [0.717, 1.165) is 26.6 Å². The van der Waals surface area contributed by atoms with Crippen LogP contribution in [0.5, 0.6) is 0 Å². The zero-order valence-corrected chi connectivity index (χ0v) is 17.1. The van der Waals surface area contributed by atoms with Crippen molar-refractivity contribution < 1.29 is 9.59 Å². The Labute approximate surface area is 177 Å². The van der Waals surface area contributed by atoms with Crippen LogP contribution in [0.3, 0.4) is 0 Å². The van der Waals surface area contributed by atoms with Crippen LogP contribution < -0.4 is 10.6 Å². The molecular weight excluding hydrogens is 400 g/mol. The van der Waals surface area contributed by atoms with E-state index in [-0.39, 0.29) is 11.8 Å². The molecule has 0 fully saturated rings. The highest BCUT2D eigenvalue weighted by atomic mass is 32.2. The van der Waals surface area contributed by atoms with Gasteiger partial charge >= 0.3 is 0 Å². The summed E-state index contributed by atoms with van der Waals surface area (Å²) in [5.41, 5.74) is 2.83. The Bertz CT molecular complexity index is 1100. The lowest BCUT2D eigenvalue weighted by Gasteiger charge is -2.17. The van der Waals surface area contributed by atoms with Crippen molar-refractivity contribution >= 4 is 52.8 Å². The number of anilines is 1. The van der Waals surface area contributed by atoms with Crippen LogP contribution in [0.4, 0.5) is 5.69 Å². The summed E-state index contributed by atoms with van der Waals surface area (Å²) >= 11 is 3.00. The summed E-state index contributed by atoms with van der Waals surface area (Å²) in [6.07, 6.45) is 5.19. The molecule has 0 atom stereocenters. The van der Waals surface area contributed by atoms with Crippen LogP contribution in [0.15, 0.2) is 81.9 Å². The summed E-state index contributed by atoms with van der Waals surface area (Å²) < 4.78 is 0. The zero-order valence-electron chi connectivity index (χ0n) is 15.4. The molecule has 4 rings (SSSR count). The highest BCUT2D eigenvalue weighted by Gasteiger charge is 2.20. The van der Waals surface area contributed by atoms with Crippen LogP contribution in [0.2, 0.25) is 0 Å². The normalized spacial score (nSPS) is 14.6. The topological polar surface area (TPSA) is 58.2 Å². The van der Waals surface area contributed by atoms with Crippen LogP contribution in [-0.4, -0.2) is 11.8 Å². The number of nitrogens with one attached hydrogen (secondary N) is 2. The smallest absolute Gasteiger partial charge is 0.262 e. The van der Waals surface area contributed by atoms with Crippen LogP contribution in [-0.2, 0) is 16.1 Å². The predicted molar refractivity (Wildman–Crippen MR) is 121 cm³/mol. The fraction of sp³-hybridized carbons (Fsp3) is 0.0435. The summed E-state index contributed by atoms with van der Waals surface area (Å²) in [7, 11) is 0. The molecule has 0 saturated carbocycles. The average molecular weight is 419 g/mol. The first-order chi connectivity index (χ1) is 14.2. The summed E-state index contributed by atoms with van der Waals surface area (Å²) in [6.45, 7) is 0.499.